The maximum Gasteiger partial charge on any atom is 0.143 e. The lowest BCUT2D eigenvalue weighted by atomic mass is 10.1. The summed E-state index contributed by atoms with van der Waals surface area (Å²) in [7, 11) is 0. The van der Waals surface area contributed by atoms with Crippen LogP contribution in [0, 0.1) is 13.8 Å². The second-order valence-corrected chi connectivity index (χ2v) is 7.26. The molecule has 0 saturated heterocycles. The molecule has 0 aliphatic carbocycles. The Morgan fingerprint density at radius 3 is 2.10 bits per heavy atom. The van der Waals surface area contributed by atoms with Crippen molar-refractivity contribution in [1.29, 1.82) is 0 Å². The molecule has 5 heteroatoms. The van der Waals surface area contributed by atoms with E-state index >= 15 is 0 Å². The van der Waals surface area contributed by atoms with E-state index in [1.165, 1.54) is 11.1 Å². The van der Waals surface area contributed by atoms with Gasteiger partial charge in [0.05, 0.1) is 14.6 Å². The van der Waals surface area contributed by atoms with Crippen LogP contribution >= 0.6 is 47.8 Å². The van der Waals surface area contributed by atoms with Crippen molar-refractivity contribution in [3.05, 3.63) is 54.4 Å². The number of phenols is 1. The summed E-state index contributed by atoms with van der Waals surface area (Å²) in [5.74, 6) is 0.224. The highest BCUT2D eigenvalue weighted by molar-refractivity contribution is 9.11. The number of aryl methyl sites for hydroxylation is 2. The Bertz CT molecular complexity index is 610. The molecule has 0 aliphatic rings. The molecular weight excluding hydrogens is 450 g/mol. The van der Waals surface area contributed by atoms with E-state index in [0.717, 1.165) is 15.7 Å². The quantitative estimate of drug-likeness (QED) is 0.593. The molecule has 20 heavy (non-hydrogen) atoms. The summed E-state index contributed by atoms with van der Waals surface area (Å²) in [5.41, 5.74) is 4.60. The van der Waals surface area contributed by atoms with E-state index < -0.39 is 0 Å². The Morgan fingerprint density at radius 2 is 1.55 bits per heavy atom. The number of benzene rings is 2. The number of rotatable bonds is 3. The fraction of sp³-hybridized carbons (Fsp3) is 0.200. The number of phenolic OH excluding ortho intramolecular Hbond substituents is 1. The molecule has 0 saturated carbocycles. The Hall–Kier alpha value is -0.520. The molecule has 2 nitrogen and oxygen atoms in total. The highest BCUT2D eigenvalue weighted by Crippen LogP contribution is 2.34. The highest BCUT2D eigenvalue weighted by atomic mass is 79.9. The second-order valence-electron chi connectivity index (χ2n) is 4.70. The third-order valence-corrected chi connectivity index (χ3v) is 4.81. The first-order valence-corrected chi connectivity index (χ1v) is 8.44. The first-order chi connectivity index (χ1) is 9.38. The van der Waals surface area contributed by atoms with Gasteiger partial charge in [-0.3, -0.25) is 0 Å². The van der Waals surface area contributed by atoms with Gasteiger partial charge in [-0.1, -0.05) is 6.07 Å². The molecule has 0 amide bonds. The average Bonchev–Trinajstić information content (AvgIpc) is 2.34. The molecule has 0 radical (unpaired) electrons. The number of hydrogen-bond donors (Lipinski definition) is 2. The largest absolute Gasteiger partial charge is 0.506 e. The zero-order valence-corrected chi connectivity index (χ0v) is 15.9. The summed E-state index contributed by atoms with van der Waals surface area (Å²) in [4.78, 5) is 0. The Morgan fingerprint density at radius 1 is 0.950 bits per heavy atom. The first-order valence-electron chi connectivity index (χ1n) is 6.06. The molecule has 0 spiro atoms. The summed E-state index contributed by atoms with van der Waals surface area (Å²) in [6, 6.07) is 8.06. The first kappa shape index (κ1) is 15.9. The van der Waals surface area contributed by atoms with Gasteiger partial charge in [-0.15, -0.1) is 0 Å². The van der Waals surface area contributed by atoms with Crippen molar-refractivity contribution in [2.75, 3.05) is 5.32 Å². The van der Waals surface area contributed by atoms with E-state index in [0.29, 0.717) is 15.5 Å². The van der Waals surface area contributed by atoms with Crippen LogP contribution in [0.25, 0.3) is 0 Å². The molecule has 2 rings (SSSR count). The van der Waals surface area contributed by atoms with Crippen molar-refractivity contribution in [3.63, 3.8) is 0 Å². The lowest BCUT2D eigenvalue weighted by Gasteiger charge is -2.14. The minimum Gasteiger partial charge on any atom is -0.506 e. The van der Waals surface area contributed by atoms with Gasteiger partial charge in [-0.05, 0) is 96.5 Å². The van der Waals surface area contributed by atoms with Crippen LogP contribution in [0.4, 0.5) is 5.69 Å². The van der Waals surface area contributed by atoms with Gasteiger partial charge < -0.3 is 10.4 Å². The number of halogens is 3. The molecule has 0 fully saturated rings. The monoisotopic (exact) mass is 461 g/mol. The predicted octanol–water partition coefficient (Wildman–Crippen LogP) is 5.91. The van der Waals surface area contributed by atoms with E-state index in [-0.39, 0.29) is 5.75 Å². The summed E-state index contributed by atoms with van der Waals surface area (Å²) < 4.78 is 2.43. The minimum atomic E-state index is 0.224. The zero-order valence-electron chi connectivity index (χ0n) is 11.1. The molecule has 0 bridgehead atoms. The molecule has 0 aromatic heterocycles. The van der Waals surface area contributed by atoms with Crippen molar-refractivity contribution in [3.8, 4) is 5.75 Å². The van der Waals surface area contributed by atoms with Gasteiger partial charge in [-0.25, -0.2) is 0 Å². The number of anilines is 1. The van der Waals surface area contributed by atoms with Crippen molar-refractivity contribution in [2.24, 2.45) is 0 Å². The van der Waals surface area contributed by atoms with Gasteiger partial charge in [0.15, 0.2) is 0 Å². The fourth-order valence-corrected chi connectivity index (χ4v) is 4.15. The summed E-state index contributed by atoms with van der Waals surface area (Å²) in [6.45, 7) is 4.85. The molecular formula is C15H14Br3NO. The fourth-order valence-electron chi connectivity index (χ4n) is 2.05. The molecule has 0 atom stereocenters. The van der Waals surface area contributed by atoms with Gasteiger partial charge >= 0.3 is 0 Å². The normalized spacial score (nSPS) is 10.7. The van der Waals surface area contributed by atoms with Crippen LogP contribution in [0.1, 0.15) is 16.7 Å². The van der Waals surface area contributed by atoms with Crippen LogP contribution < -0.4 is 5.32 Å². The maximum atomic E-state index is 9.71. The van der Waals surface area contributed by atoms with E-state index in [1.54, 1.807) is 0 Å². The average molecular weight is 464 g/mol. The summed E-state index contributed by atoms with van der Waals surface area (Å²) >= 11 is 10.3. The van der Waals surface area contributed by atoms with Crippen LogP contribution in [-0.4, -0.2) is 5.11 Å². The zero-order chi connectivity index (χ0) is 14.9. The summed E-state index contributed by atoms with van der Waals surface area (Å²) in [6.07, 6.45) is 0. The minimum absolute atomic E-state index is 0.224. The van der Waals surface area contributed by atoms with Crippen LogP contribution in [0.2, 0.25) is 0 Å². The van der Waals surface area contributed by atoms with Crippen molar-refractivity contribution in [2.45, 2.75) is 20.4 Å². The Balaban J connectivity index is 2.21. The van der Waals surface area contributed by atoms with Gasteiger partial charge in [-0.2, -0.15) is 0 Å². The number of hydrogen-bond acceptors (Lipinski definition) is 2. The molecule has 0 unspecified atom stereocenters. The van der Waals surface area contributed by atoms with Gasteiger partial charge in [0.25, 0.3) is 0 Å². The topological polar surface area (TPSA) is 32.3 Å². The van der Waals surface area contributed by atoms with Gasteiger partial charge in [0.2, 0.25) is 0 Å². The van der Waals surface area contributed by atoms with Crippen LogP contribution in [-0.2, 0) is 6.54 Å². The SMILES string of the molecule is Cc1cc(C)c(NCc2cc(Br)c(O)c(Br)c2)c(Br)c1. The molecule has 106 valence electrons. The maximum absolute atomic E-state index is 9.71. The standard InChI is InChI=1S/C15H14Br3NO/c1-8-3-9(2)14(11(16)4-8)19-7-10-5-12(17)15(20)13(18)6-10/h3-6,19-20H,7H2,1-2H3. The number of aromatic hydroxyl groups is 1. The van der Waals surface area contributed by atoms with Crippen molar-refractivity contribution >= 4 is 53.5 Å². The van der Waals surface area contributed by atoms with Gasteiger partial charge in [0.1, 0.15) is 5.75 Å². The lowest BCUT2D eigenvalue weighted by Crippen LogP contribution is -2.02. The smallest absolute Gasteiger partial charge is 0.143 e. The molecule has 2 aromatic rings. The van der Waals surface area contributed by atoms with Crippen LogP contribution in [0.3, 0.4) is 0 Å². The van der Waals surface area contributed by atoms with E-state index in [9.17, 15) is 5.11 Å². The highest BCUT2D eigenvalue weighted by Gasteiger charge is 2.08. The summed E-state index contributed by atoms with van der Waals surface area (Å²) in [5, 5.41) is 13.1. The Kier molecular flexibility index (Phi) is 5.15. The van der Waals surface area contributed by atoms with Crippen molar-refractivity contribution in [1.82, 2.24) is 0 Å². The molecule has 0 heterocycles. The third kappa shape index (κ3) is 3.57. The van der Waals surface area contributed by atoms with Crippen molar-refractivity contribution < 1.29 is 5.11 Å². The molecule has 0 aliphatic heterocycles. The van der Waals surface area contributed by atoms with E-state index in [4.69, 9.17) is 0 Å². The van der Waals surface area contributed by atoms with E-state index in [2.05, 4.69) is 79.1 Å². The second kappa shape index (κ2) is 6.50. The predicted molar refractivity (Wildman–Crippen MR) is 94.4 cm³/mol. The third-order valence-electron chi connectivity index (χ3n) is 2.98. The number of nitrogens with one attached hydrogen (secondary N) is 1. The van der Waals surface area contributed by atoms with Gasteiger partial charge in [0, 0.05) is 11.0 Å². The van der Waals surface area contributed by atoms with E-state index in [1.807, 2.05) is 12.1 Å². The lowest BCUT2D eigenvalue weighted by molar-refractivity contribution is 0.468. The Labute approximate surface area is 144 Å². The van der Waals surface area contributed by atoms with Crippen LogP contribution in [0.15, 0.2) is 37.7 Å². The molecule has 2 aromatic carbocycles. The van der Waals surface area contributed by atoms with Crippen LogP contribution in [0.5, 0.6) is 5.75 Å². The molecule has 2 N–H and O–H groups in total.